The van der Waals surface area contributed by atoms with E-state index in [0.29, 0.717) is 18.9 Å². The van der Waals surface area contributed by atoms with Gasteiger partial charge in [-0.05, 0) is 24.0 Å². The van der Waals surface area contributed by atoms with Gasteiger partial charge in [0.25, 0.3) is 0 Å². The van der Waals surface area contributed by atoms with E-state index in [1.54, 1.807) is 18.8 Å². The maximum absolute atomic E-state index is 5.26. The molecule has 0 spiro atoms. The summed E-state index contributed by atoms with van der Waals surface area (Å²) in [4.78, 5) is 12.1. The van der Waals surface area contributed by atoms with Gasteiger partial charge in [0, 0.05) is 44.4 Å². The Morgan fingerprint density at radius 1 is 1.31 bits per heavy atom. The molecule has 0 bridgehead atoms. The van der Waals surface area contributed by atoms with E-state index >= 15 is 0 Å². The predicted octanol–water partition coefficient (Wildman–Crippen LogP) is 3.78. The van der Waals surface area contributed by atoms with Gasteiger partial charge in [-0.3, -0.25) is 4.99 Å². The van der Waals surface area contributed by atoms with Crippen molar-refractivity contribution in [2.75, 3.05) is 26.9 Å². The summed E-state index contributed by atoms with van der Waals surface area (Å²) in [5.41, 5.74) is 1.25. The first-order valence-electron chi connectivity index (χ1n) is 8.40. The smallest absolute Gasteiger partial charge is 0.228 e. The van der Waals surface area contributed by atoms with Crippen molar-refractivity contribution in [2.45, 2.75) is 37.6 Å². The van der Waals surface area contributed by atoms with E-state index in [9.17, 15) is 0 Å². The Labute approximate surface area is 177 Å². The van der Waals surface area contributed by atoms with Crippen LogP contribution in [0.2, 0.25) is 0 Å². The molecule has 0 aliphatic carbocycles. The molecule has 0 amide bonds. The number of hydrogen-bond acceptors (Lipinski definition) is 5. The zero-order valence-electron chi connectivity index (χ0n) is 16.0. The van der Waals surface area contributed by atoms with Crippen LogP contribution in [0.15, 0.2) is 38.7 Å². The van der Waals surface area contributed by atoms with E-state index in [0.717, 1.165) is 18.3 Å². The summed E-state index contributed by atoms with van der Waals surface area (Å²) in [7, 11) is 3.82. The molecule has 2 aromatic rings. The molecule has 8 heteroatoms. The summed E-state index contributed by atoms with van der Waals surface area (Å²) in [5.74, 6) is 2.53. The average Bonchev–Trinajstić information content (AvgIpc) is 3.08. The second kappa shape index (κ2) is 11.4. The van der Waals surface area contributed by atoms with Crippen molar-refractivity contribution in [3.05, 3.63) is 41.5 Å². The first kappa shape index (κ1) is 22.8. The Morgan fingerprint density at radius 3 is 2.54 bits per heavy atom. The molecule has 0 radical (unpaired) electrons. The van der Waals surface area contributed by atoms with E-state index in [4.69, 9.17) is 4.52 Å². The molecule has 0 aliphatic rings. The molecule has 1 aromatic heterocycles. The van der Waals surface area contributed by atoms with Crippen molar-refractivity contribution in [3.63, 3.8) is 0 Å². The second-order valence-corrected chi connectivity index (χ2v) is 7.01. The fourth-order valence-corrected chi connectivity index (χ4v) is 2.76. The zero-order chi connectivity index (χ0) is 18.2. The van der Waals surface area contributed by atoms with Gasteiger partial charge in [-0.1, -0.05) is 31.1 Å². The molecule has 0 saturated carbocycles. The first-order chi connectivity index (χ1) is 12.0. The number of aliphatic imine (C=N–C) groups is 1. The predicted molar refractivity (Wildman–Crippen MR) is 119 cm³/mol. The SMILES string of the molecule is CN=C(NCCc1nc(C(C)C)no1)N(C)Cc1ccc(SC)cc1.I. The first-order valence-corrected chi connectivity index (χ1v) is 9.63. The number of hydrogen-bond donors (Lipinski definition) is 1. The van der Waals surface area contributed by atoms with Gasteiger partial charge < -0.3 is 14.7 Å². The lowest BCUT2D eigenvalue weighted by Gasteiger charge is -2.22. The van der Waals surface area contributed by atoms with Crippen LogP contribution in [0.3, 0.4) is 0 Å². The third-order valence-corrected chi connectivity index (χ3v) is 4.52. The number of rotatable bonds is 7. The highest BCUT2D eigenvalue weighted by atomic mass is 127. The lowest BCUT2D eigenvalue weighted by Crippen LogP contribution is -2.39. The minimum Gasteiger partial charge on any atom is -0.356 e. The molecule has 0 atom stereocenters. The fraction of sp³-hybridized carbons (Fsp3) is 0.500. The number of thioether (sulfide) groups is 1. The molecular formula is C18H28IN5OS. The van der Waals surface area contributed by atoms with Crippen molar-refractivity contribution in [1.82, 2.24) is 20.4 Å². The highest BCUT2D eigenvalue weighted by Gasteiger charge is 2.11. The lowest BCUT2D eigenvalue weighted by atomic mass is 10.2. The maximum atomic E-state index is 5.26. The minimum atomic E-state index is 0. The number of halogens is 1. The Morgan fingerprint density at radius 2 is 2.00 bits per heavy atom. The maximum Gasteiger partial charge on any atom is 0.228 e. The zero-order valence-corrected chi connectivity index (χ0v) is 19.2. The quantitative estimate of drug-likeness (QED) is 0.277. The van der Waals surface area contributed by atoms with Gasteiger partial charge in [-0.2, -0.15) is 4.98 Å². The van der Waals surface area contributed by atoms with Crippen LogP contribution in [0, 0.1) is 0 Å². The molecule has 26 heavy (non-hydrogen) atoms. The van der Waals surface area contributed by atoms with Crippen LogP contribution < -0.4 is 5.32 Å². The van der Waals surface area contributed by atoms with E-state index in [2.05, 4.69) is 69.7 Å². The van der Waals surface area contributed by atoms with Crippen molar-refractivity contribution in [3.8, 4) is 0 Å². The van der Waals surface area contributed by atoms with Crippen LogP contribution in [0.25, 0.3) is 0 Å². The molecular weight excluding hydrogens is 461 g/mol. The fourth-order valence-electron chi connectivity index (χ4n) is 2.35. The lowest BCUT2D eigenvalue weighted by molar-refractivity contribution is 0.370. The molecule has 2 rings (SSSR count). The van der Waals surface area contributed by atoms with E-state index in [-0.39, 0.29) is 29.9 Å². The van der Waals surface area contributed by atoms with Gasteiger partial charge >= 0.3 is 0 Å². The van der Waals surface area contributed by atoms with E-state index < -0.39 is 0 Å². The molecule has 1 N–H and O–H groups in total. The molecule has 0 aliphatic heterocycles. The Balaban J connectivity index is 0.00000338. The number of nitrogens with one attached hydrogen (secondary N) is 1. The van der Waals surface area contributed by atoms with Gasteiger partial charge in [-0.25, -0.2) is 0 Å². The van der Waals surface area contributed by atoms with Crippen LogP contribution in [-0.4, -0.2) is 47.9 Å². The molecule has 0 unspecified atom stereocenters. The molecule has 0 saturated heterocycles. The highest BCUT2D eigenvalue weighted by Crippen LogP contribution is 2.15. The van der Waals surface area contributed by atoms with Gasteiger partial charge in [-0.15, -0.1) is 35.7 Å². The van der Waals surface area contributed by atoms with Crippen molar-refractivity contribution >= 4 is 41.7 Å². The number of benzene rings is 1. The van der Waals surface area contributed by atoms with Crippen molar-refractivity contribution < 1.29 is 4.52 Å². The summed E-state index contributed by atoms with van der Waals surface area (Å²) in [5, 5.41) is 7.33. The van der Waals surface area contributed by atoms with Crippen LogP contribution in [0.4, 0.5) is 0 Å². The van der Waals surface area contributed by atoms with Crippen molar-refractivity contribution in [2.24, 2.45) is 4.99 Å². The topological polar surface area (TPSA) is 66.5 Å². The second-order valence-electron chi connectivity index (χ2n) is 6.13. The van der Waals surface area contributed by atoms with Crippen LogP contribution >= 0.6 is 35.7 Å². The molecule has 0 fully saturated rings. The van der Waals surface area contributed by atoms with Gasteiger partial charge in [0.05, 0.1) is 0 Å². The van der Waals surface area contributed by atoms with Crippen LogP contribution in [0.1, 0.15) is 37.0 Å². The molecule has 6 nitrogen and oxygen atoms in total. The standard InChI is InChI=1S/C18H27N5OS.HI/c1-13(2)17-21-16(24-22-17)10-11-20-18(19-3)23(4)12-14-6-8-15(25-5)9-7-14;/h6-9,13H,10-12H2,1-5H3,(H,19,20);1H. The largest absolute Gasteiger partial charge is 0.356 e. The van der Waals surface area contributed by atoms with Gasteiger partial charge in [0.15, 0.2) is 11.8 Å². The Kier molecular flexibility index (Phi) is 10.0. The summed E-state index contributed by atoms with van der Waals surface area (Å²) in [6.45, 7) is 5.60. The van der Waals surface area contributed by atoms with Crippen LogP contribution in [-0.2, 0) is 13.0 Å². The number of guanidine groups is 1. The Hall–Kier alpha value is -1.29. The third kappa shape index (κ3) is 6.79. The average molecular weight is 489 g/mol. The van der Waals surface area contributed by atoms with E-state index in [1.807, 2.05) is 7.05 Å². The van der Waals surface area contributed by atoms with Crippen molar-refractivity contribution in [1.29, 1.82) is 0 Å². The molecule has 144 valence electrons. The monoisotopic (exact) mass is 489 g/mol. The summed E-state index contributed by atoms with van der Waals surface area (Å²) in [6.07, 6.45) is 2.76. The number of aromatic nitrogens is 2. The third-order valence-electron chi connectivity index (χ3n) is 3.77. The van der Waals surface area contributed by atoms with Gasteiger partial charge in [0.1, 0.15) is 0 Å². The van der Waals surface area contributed by atoms with Crippen LogP contribution in [0.5, 0.6) is 0 Å². The Bertz CT molecular complexity index is 687. The molecule has 1 heterocycles. The number of nitrogens with zero attached hydrogens (tertiary/aromatic N) is 4. The van der Waals surface area contributed by atoms with E-state index in [1.165, 1.54) is 10.5 Å². The minimum absolute atomic E-state index is 0. The molecule has 1 aromatic carbocycles. The highest BCUT2D eigenvalue weighted by molar-refractivity contribution is 14.0. The summed E-state index contributed by atoms with van der Waals surface area (Å²) >= 11 is 1.75. The normalized spacial score (nSPS) is 11.4. The summed E-state index contributed by atoms with van der Waals surface area (Å²) in [6, 6.07) is 8.60. The summed E-state index contributed by atoms with van der Waals surface area (Å²) < 4.78 is 5.26. The van der Waals surface area contributed by atoms with Gasteiger partial charge in [0.2, 0.25) is 5.89 Å².